The van der Waals surface area contributed by atoms with Crippen LogP contribution in [-0.2, 0) is 9.53 Å². The number of esters is 1. The zero-order valence-electron chi connectivity index (χ0n) is 10.5. The lowest BCUT2D eigenvalue weighted by molar-refractivity contribution is -0.140. The van der Waals surface area contributed by atoms with Crippen molar-refractivity contribution in [1.29, 1.82) is 0 Å². The van der Waals surface area contributed by atoms with Crippen molar-refractivity contribution in [3.63, 3.8) is 0 Å². The zero-order valence-corrected chi connectivity index (χ0v) is 10.5. The second-order valence-electron chi connectivity index (χ2n) is 3.91. The van der Waals surface area contributed by atoms with Crippen LogP contribution in [0.1, 0.15) is 19.4 Å². The number of ether oxygens (including phenoxy) is 1. The van der Waals surface area contributed by atoms with Crippen LogP contribution >= 0.6 is 0 Å². The third-order valence-corrected chi connectivity index (χ3v) is 2.41. The lowest BCUT2D eigenvalue weighted by atomic mass is 9.94. The van der Waals surface area contributed by atoms with Gasteiger partial charge in [-0.2, -0.15) is 0 Å². The van der Waals surface area contributed by atoms with Crippen LogP contribution in [0.5, 0.6) is 0 Å². The standard InChI is InChI=1S/C15H16O3/c1-4-15(3,17)13(14(16)18-5-2)11-12-9-7-6-8-10-12/h1,6-11,17H,5H2,2-3H3/b13-11-. The Hall–Kier alpha value is -2.05. The SMILES string of the molecule is C#CC(C)(O)/C(=C\c1ccccc1)C(=O)OCC. The highest BCUT2D eigenvalue weighted by molar-refractivity contribution is 5.96. The fourth-order valence-corrected chi connectivity index (χ4v) is 1.40. The number of hydrogen-bond donors (Lipinski definition) is 1. The summed E-state index contributed by atoms with van der Waals surface area (Å²) in [6.45, 7) is 3.31. The van der Waals surface area contributed by atoms with Crippen molar-refractivity contribution in [2.24, 2.45) is 0 Å². The molecule has 0 radical (unpaired) electrons. The molecule has 0 aliphatic carbocycles. The molecule has 0 fully saturated rings. The minimum atomic E-state index is -1.65. The fourth-order valence-electron chi connectivity index (χ4n) is 1.40. The third kappa shape index (κ3) is 3.47. The molecule has 0 aromatic heterocycles. The van der Waals surface area contributed by atoms with Crippen LogP contribution in [0, 0.1) is 12.3 Å². The molecule has 94 valence electrons. The molecule has 0 saturated carbocycles. The Morgan fingerprint density at radius 2 is 2.11 bits per heavy atom. The summed E-state index contributed by atoms with van der Waals surface area (Å²) in [5.41, 5.74) is -0.823. The molecule has 1 unspecified atom stereocenters. The molecule has 0 saturated heterocycles. The van der Waals surface area contributed by atoms with E-state index in [-0.39, 0.29) is 12.2 Å². The van der Waals surface area contributed by atoms with Gasteiger partial charge in [-0.3, -0.25) is 0 Å². The van der Waals surface area contributed by atoms with Crippen molar-refractivity contribution in [1.82, 2.24) is 0 Å². The number of hydrogen-bond acceptors (Lipinski definition) is 3. The van der Waals surface area contributed by atoms with E-state index in [9.17, 15) is 9.90 Å². The highest BCUT2D eigenvalue weighted by Crippen LogP contribution is 2.20. The number of rotatable bonds is 4. The second kappa shape index (κ2) is 6.04. The average molecular weight is 244 g/mol. The van der Waals surface area contributed by atoms with Gasteiger partial charge >= 0.3 is 5.97 Å². The Morgan fingerprint density at radius 3 is 2.61 bits per heavy atom. The number of terminal acetylenes is 1. The normalized spacial score (nSPS) is 14.4. The molecule has 1 atom stereocenters. The minimum Gasteiger partial charge on any atom is -0.463 e. The number of aliphatic hydroxyl groups is 1. The second-order valence-corrected chi connectivity index (χ2v) is 3.91. The summed E-state index contributed by atoms with van der Waals surface area (Å²) in [5.74, 6) is 1.58. The summed E-state index contributed by atoms with van der Waals surface area (Å²) >= 11 is 0. The van der Waals surface area contributed by atoms with E-state index in [1.165, 1.54) is 13.0 Å². The van der Waals surface area contributed by atoms with E-state index in [1.54, 1.807) is 6.92 Å². The van der Waals surface area contributed by atoms with Crippen LogP contribution in [0.4, 0.5) is 0 Å². The van der Waals surface area contributed by atoms with Gasteiger partial charge in [0.15, 0.2) is 5.60 Å². The van der Waals surface area contributed by atoms with Crippen molar-refractivity contribution < 1.29 is 14.6 Å². The first-order chi connectivity index (χ1) is 8.51. The summed E-state index contributed by atoms with van der Waals surface area (Å²) in [6.07, 6.45) is 6.79. The molecule has 1 aromatic rings. The van der Waals surface area contributed by atoms with Crippen LogP contribution in [0.2, 0.25) is 0 Å². The van der Waals surface area contributed by atoms with Crippen molar-refractivity contribution in [3.8, 4) is 12.3 Å². The first-order valence-corrected chi connectivity index (χ1v) is 5.65. The van der Waals surface area contributed by atoms with Gasteiger partial charge < -0.3 is 9.84 Å². The largest absolute Gasteiger partial charge is 0.463 e. The van der Waals surface area contributed by atoms with Crippen LogP contribution in [0.3, 0.4) is 0 Å². The van der Waals surface area contributed by atoms with Gasteiger partial charge in [0.25, 0.3) is 0 Å². The molecule has 0 aliphatic rings. The zero-order chi connectivity index (χ0) is 13.6. The monoisotopic (exact) mass is 244 g/mol. The molecule has 0 aliphatic heterocycles. The molecule has 0 bridgehead atoms. The van der Waals surface area contributed by atoms with Gasteiger partial charge in [0.05, 0.1) is 12.2 Å². The van der Waals surface area contributed by atoms with Crippen molar-refractivity contribution >= 4 is 12.0 Å². The number of benzene rings is 1. The Labute approximate surface area is 107 Å². The quantitative estimate of drug-likeness (QED) is 0.500. The smallest absolute Gasteiger partial charge is 0.337 e. The Bertz CT molecular complexity index is 478. The van der Waals surface area contributed by atoms with Gasteiger partial charge in [0, 0.05) is 0 Å². The molecule has 18 heavy (non-hydrogen) atoms. The third-order valence-electron chi connectivity index (χ3n) is 2.41. The van der Waals surface area contributed by atoms with Crippen LogP contribution in [0.25, 0.3) is 6.08 Å². The lowest BCUT2D eigenvalue weighted by Gasteiger charge is -2.19. The van der Waals surface area contributed by atoms with E-state index >= 15 is 0 Å². The number of carbonyl (C=O) groups excluding carboxylic acids is 1. The Kier molecular flexibility index (Phi) is 4.70. The predicted molar refractivity (Wildman–Crippen MR) is 70.5 cm³/mol. The maximum atomic E-state index is 11.8. The van der Waals surface area contributed by atoms with E-state index in [0.29, 0.717) is 0 Å². The Morgan fingerprint density at radius 1 is 1.50 bits per heavy atom. The highest BCUT2D eigenvalue weighted by atomic mass is 16.5. The predicted octanol–water partition coefficient (Wildman–Crippen LogP) is 2.02. The number of carbonyl (C=O) groups is 1. The lowest BCUT2D eigenvalue weighted by Crippen LogP contribution is -2.30. The van der Waals surface area contributed by atoms with Crippen LogP contribution < -0.4 is 0 Å². The van der Waals surface area contributed by atoms with Gasteiger partial charge in [-0.1, -0.05) is 36.3 Å². The van der Waals surface area contributed by atoms with Gasteiger partial charge in [-0.25, -0.2) is 4.79 Å². The van der Waals surface area contributed by atoms with Gasteiger partial charge in [-0.05, 0) is 25.5 Å². The minimum absolute atomic E-state index is 0.0538. The summed E-state index contributed by atoms with van der Waals surface area (Å²) in [5, 5.41) is 10.0. The van der Waals surface area contributed by atoms with E-state index in [4.69, 9.17) is 11.2 Å². The maximum Gasteiger partial charge on any atom is 0.337 e. The summed E-state index contributed by atoms with van der Waals surface area (Å²) < 4.78 is 4.90. The van der Waals surface area contributed by atoms with Crippen LogP contribution in [-0.4, -0.2) is 23.3 Å². The van der Waals surface area contributed by atoms with E-state index in [2.05, 4.69) is 5.92 Å². The maximum absolute atomic E-state index is 11.8. The van der Waals surface area contributed by atoms with Crippen LogP contribution in [0.15, 0.2) is 35.9 Å². The summed E-state index contributed by atoms with van der Waals surface area (Å²) in [4.78, 5) is 11.8. The van der Waals surface area contributed by atoms with Gasteiger partial charge in [0.1, 0.15) is 0 Å². The first-order valence-electron chi connectivity index (χ1n) is 5.65. The van der Waals surface area contributed by atoms with Crippen molar-refractivity contribution in [3.05, 3.63) is 41.5 Å². The molecule has 3 nitrogen and oxygen atoms in total. The Balaban J connectivity index is 3.18. The average Bonchev–Trinajstić information content (AvgIpc) is 2.37. The summed E-state index contributed by atoms with van der Waals surface area (Å²) in [6, 6.07) is 9.15. The molecule has 1 N–H and O–H groups in total. The molecule has 0 spiro atoms. The van der Waals surface area contributed by atoms with E-state index in [0.717, 1.165) is 5.56 Å². The van der Waals surface area contributed by atoms with E-state index < -0.39 is 11.6 Å². The van der Waals surface area contributed by atoms with Gasteiger partial charge in [-0.15, -0.1) is 6.42 Å². The van der Waals surface area contributed by atoms with Crippen molar-refractivity contribution in [2.75, 3.05) is 6.61 Å². The topological polar surface area (TPSA) is 46.5 Å². The van der Waals surface area contributed by atoms with Crippen molar-refractivity contribution in [2.45, 2.75) is 19.4 Å². The van der Waals surface area contributed by atoms with Gasteiger partial charge in [0.2, 0.25) is 0 Å². The molecular weight excluding hydrogens is 228 g/mol. The first kappa shape index (κ1) is 14.0. The highest BCUT2D eigenvalue weighted by Gasteiger charge is 2.29. The van der Waals surface area contributed by atoms with E-state index in [1.807, 2.05) is 30.3 Å². The molecule has 1 rings (SSSR count). The molecule has 0 heterocycles. The molecule has 3 heteroatoms. The molecular formula is C15H16O3. The molecule has 0 amide bonds. The fraction of sp³-hybridized carbons (Fsp3) is 0.267. The summed E-state index contributed by atoms with van der Waals surface area (Å²) in [7, 11) is 0. The molecule has 1 aromatic carbocycles.